The summed E-state index contributed by atoms with van der Waals surface area (Å²) in [5.41, 5.74) is 2.36. The lowest BCUT2D eigenvalue weighted by Crippen LogP contribution is -2.47. The third-order valence-corrected chi connectivity index (χ3v) is 8.37. The van der Waals surface area contributed by atoms with Gasteiger partial charge in [-0.15, -0.1) is 0 Å². The van der Waals surface area contributed by atoms with E-state index in [-0.39, 0.29) is 6.04 Å². The molecule has 3 aromatic carbocycles. The van der Waals surface area contributed by atoms with Gasteiger partial charge in [0.2, 0.25) is 0 Å². The SMILES string of the molecule is CCCCCCCCCCC[C@@H]1CCC[C@H](C)N1[C@@H](c1ccccc1)c1c(O)ccc2ccccc12. The number of rotatable bonds is 13. The highest BCUT2D eigenvalue weighted by molar-refractivity contribution is 5.88. The van der Waals surface area contributed by atoms with Gasteiger partial charge >= 0.3 is 0 Å². The standard InChI is InChI=1S/C34H47NO/c1-3-4-5-6-7-8-9-10-14-22-30-23-17-18-27(2)35(30)34(29-20-12-11-13-21-29)33-31-24-16-15-19-28(31)25-26-32(33)36/h11-13,15-16,19-21,24-27,30,34,36H,3-10,14,17-18,22-23H2,1-2H3/t27-,30+,34-/m0/s1. The molecule has 2 heteroatoms. The molecule has 3 aromatic rings. The van der Waals surface area contributed by atoms with E-state index in [9.17, 15) is 5.11 Å². The smallest absolute Gasteiger partial charge is 0.121 e. The normalized spacial score (nSPS) is 19.5. The van der Waals surface area contributed by atoms with Crippen LogP contribution in [-0.2, 0) is 0 Å². The van der Waals surface area contributed by atoms with Gasteiger partial charge in [0.05, 0.1) is 6.04 Å². The van der Waals surface area contributed by atoms with Gasteiger partial charge in [-0.05, 0) is 48.6 Å². The topological polar surface area (TPSA) is 23.5 Å². The Balaban J connectivity index is 1.54. The third kappa shape index (κ3) is 6.71. The van der Waals surface area contributed by atoms with E-state index in [1.54, 1.807) is 0 Å². The Labute approximate surface area is 219 Å². The summed E-state index contributed by atoms with van der Waals surface area (Å²) < 4.78 is 0. The molecule has 0 spiro atoms. The lowest BCUT2D eigenvalue weighted by atomic mass is 9.85. The zero-order chi connectivity index (χ0) is 25.2. The second-order valence-electron chi connectivity index (χ2n) is 11.0. The molecule has 0 aromatic heterocycles. The molecule has 1 saturated heterocycles. The van der Waals surface area contributed by atoms with Crippen molar-refractivity contribution in [1.29, 1.82) is 0 Å². The van der Waals surface area contributed by atoms with Crippen LogP contribution in [0.5, 0.6) is 5.75 Å². The molecule has 1 fully saturated rings. The Morgan fingerprint density at radius 1 is 0.778 bits per heavy atom. The highest BCUT2D eigenvalue weighted by Crippen LogP contribution is 2.44. The van der Waals surface area contributed by atoms with Crippen molar-refractivity contribution in [3.63, 3.8) is 0 Å². The average Bonchev–Trinajstić information content (AvgIpc) is 2.91. The molecule has 1 aliphatic rings. The van der Waals surface area contributed by atoms with Crippen LogP contribution in [0.4, 0.5) is 0 Å². The Kier molecular flexibility index (Phi) is 10.3. The molecular weight excluding hydrogens is 438 g/mol. The number of hydrogen-bond acceptors (Lipinski definition) is 2. The maximum atomic E-state index is 11.3. The highest BCUT2D eigenvalue weighted by atomic mass is 16.3. The zero-order valence-corrected chi connectivity index (χ0v) is 22.7. The molecule has 0 amide bonds. The van der Waals surface area contributed by atoms with Crippen molar-refractivity contribution in [2.24, 2.45) is 0 Å². The molecule has 0 unspecified atom stereocenters. The first-order chi connectivity index (χ1) is 17.7. The lowest BCUT2D eigenvalue weighted by molar-refractivity contribution is 0.0546. The Hall–Kier alpha value is -2.32. The van der Waals surface area contributed by atoms with E-state index in [4.69, 9.17) is 0 Å². The van der Waals surface area contributed by atoms with Crippen LogP contribution in [0.15, 0.2) is 66.7 Å². The fourth-order valence-corrected chi connectivity index (χ4v) is 6.45. The van der Waals surface area contributed by atoms with Gasteiger partial charge in [0, 0.05) is 17.6 Å². The Morgan fingerprint density at radius 3 is 2.19 bits per heavy atom. The maximum absolute atomic E-state index is 11.3. The average molecular weight is 486 g/mol. The van der Waals surface area contributed by atoms with Crippen molar-refractivity contribution in [2.45, 2.75) is 115 Å². The number of likely N-dealkylation sites (tertiary alicyclic amines) is 1. The number of aromatic hydroxyl groups is 1. The van der Waals surface area contributed by atoms with Gasteiger partial charge < -0.3 is 5.11 Å². The summed E-state index contributed by atoms with van der Waals surface area (Å²) in [6, 6.07) is 24.5. The Bertz CT molecular complexity index is 1050. The summed E-state index contributed by atoms with van der Waals surface area (Å²) in [7, 11) is 0. The van der Waals surface area contributed by atoms with Crippen LogP contribution in [0.3, 0.4) is 0 Å². The molecule has 2 nitrogen and oxygen atoms in total. The predicted molar refractivity (Wildman–Crippen MR) is 155 cm³/mol. The number of nitrogens with zero attached hydrogens (tertiary/aromatic N) is 1. The van der Waals surface area contributed by atoms with Crippen molar-refractivity contribution in [1.82, 2.24) is 4.90 Å². The summed E-state index contributed by atoms with van der Waals surface area (Å²) in [6.45, 7) is 4.69. The van der Waals surface area contributed by atoms with Gasteiger partial charge in [-0.2, -0.15) is 0 Å². The van der Waals surface area contributed by atoms with Gasteiger partial charge in [0.15, 0.2) is 0 Å². The number of hydrogen-bond donors (Lipinski definition) is 1. The van der Waals surface area contributed by atoms with Crippen molar-refractivity contribution < 1.29 is 5.11 Å². The molecule has 0 radical (unpaired) electrons. The summed E-state index contributed by atoms with van der Waals surface area (Å²) >= 11 is 0. The van der Waals surface area contributed by atoms with Crippen molar-refractivity contribution in [3.05, 3.63) is 77.9 Å². The van der Waals surface area contributed by atoms with Crippen LogP contribution >= 0.6 is 0 Å². The first kappa shape index (κ1) is 26.7. The fraction of sp³-hybridized carbons (Fsp3) is 0.529. The lowest BCUT2D eigenvalue weighted by Gasteiger charge is -2.46. The van der Waals surface area contributed by atoms with Crippen LogP contribution in [0.1, 0.15) is 114 Å². The minimum Gasteiger partial charge on any atom is -0.508 e. The largest absolute Gasteiger partial charge is 0.508 e. The molecule has 3 atom stereocenters. The van der Waals surface area contributed by atoms with E-state index in [1.807, 2.05) is 6.07 Å². The number of fused-ring (bicyclic) bond motifs is 1. The van der Waals surface area contributed by atoms with E-state index in [0.29, 0.717) is 17.8 Å². The molecule has 4 rings (SSSR count). The minimum absolute atomic E-state index is 0.0659. The molecule has 1 heterocycles. The van der Waals surface area contributed by atoms with Gasteiger partial charge in [0.1, 0.15) is 5.75 Å². The van der Waals surface area contributed by atoms with E-state index in [0.717, 1.165) is 5.56 Å². The van der Waals surface area contributed by atoms with E-state index < -0.39 is 0 Å². The summed E-state index contributed by atoms with van der Waals surface area (Å²) in [5.74, 6) is 0.419. The summed E-state index contributed by atoms with van der Waals surface area (Å²) in [6.07, 6.45) is 17.4. The Morgan fingerprint density at radius 2 is 1.44 bits per heavy atom. The quantitative estimate of drug-likeness (QED) is 0.243. The zero-order valence-electron chi connectivity index (χ0n) is 22.7. The van der Waals surface area contributed by atoms with E-state index in [1.165, 1.54) is 99.8 Å². The summed E-state index contributed by atoms with van der Waals surface area (Å²) in [4.78, 5) is 2.77. The highest BCUT2D eigenvalue weighted by Gasteiger charge is 2.36. The summed E-state index contributed by atoms with van der Waals surface area (Å²) in [5, 5.41) is 13.6. The molecule has 0 bridgehead atoms. The number of phenols is 1. The predicted octanol–water partition coefficient (Wildman–Crippen LogP) is 9.80. The first-order valence-corrected chi connectivity index (χ1v) is 14.7. The van der Waals surface area contributed by atoms with Crippen LogP contribution < -0.4 is 0 Å². The molecule has 0 aliphatic carbocycles. The number of benzene rings is 3. The second kappa shape index (κ2) is 13.8. The molecule has 0 saturated carbocycles. The fourth-order valence-electron chi connectivity index (χ4n) is 6.45. The van der Waals surface area contributed by atoms with Gasteiger partial charge in [0.25, 0.3) is 0 Å². The van der Waals surface area contributed by atoms with Crippen LogP contribution in [0, 0.1) is 0 Å². The van der Waals surface area contributed by atoms with Crippen molar-refractivity contribution >= 4 is 10.8 Å². The second-order valence-corrected chi connectivity index (χ2v) is 11.0. The van der Waals surface area contributed by atoms with Crippen LogP contribution in [-0.4, -0.2) is 22.1 Å². The van der Waals surface area contributed by atoms with Crippen molar-refractivity contribution in [2.75, 3.05) is 0 Å². The van der Waals surface area contributed by atoms with Gasteiger partial charge in [-0.25, -0.2) is 0 Å². The van der Waals surface area contributed by atoms with Gasteiger partial charge in [-0.3, -0.25) is 4.90 Å². The molecule has 1 aliphatic heterocycles. The molecule has 194 valence electrons. The third-order valence-electron chi connectivity index (χ3n) is 8.37. The van der Waals surface area contributed by atoms with Crippen molar-refractivity contribution in [3.8, 4) is 5.75 Å². The van der Waals surface area contributed by atoms with Crippen LogP contribution in [0.25, 0.3) is 10.8 Å². The molecule has 36 heavy (non-hydrogen) atoms. The maximum Gasteiger partial charge on any atom is 0.121 e. The first-order valence-electron chi connectivity index (χ1n) is 14.7. The van der Waals surface area contributed by atoms with E-state index in [2.05, 4.69) is 79.4 Å². The number of unbranched alkanes of at least 4 members (excludes halogenated alkanes) is 8. The van der Waals surface area contributed by atoms with Crippen LogP contribution in [0.2, 0.25) is 0 Å². The molecule has 1 N–H and O–H groups in total. The number of piperidine rings is 1. The molecular formula is C34H47NO. The minimum atomic E-state index is 0.0659. The monoisotopic (exact) mass is 485 g/mol. The number of phenolic OH excluding ortho intramolecular Hbond substituents is 1. The van der Waals surface area contributed by atoms with E-state index >= 15 is 0 Å². The van der Waals surface area contributed by atoms with Gasteiger partial charge in [-0.1, -0.05) is 132 Å².